The largest absolute Gasteiger partial charge is 0.288 e. The number of aromatic amines is 1. The molecular weight excluding hydrogens is 228 g/mol. The van der Waals surface area contributed by atoms with Crippen LogP contribution in [0.2, 0.25) is 5.02 Å². The molecule has 0 amide bonds. The predicted octanol–water partition coefficient (Wildman–Crippen LogP) is 1.65. The van der Waals surface area contributed by atoms with Crippen molar-refractivity contribution >= 4 is 17.4 Å². The number of nitrogens with one attached hydrogen (secondary N) is 1. The molecule has 0 radical (unpaired) electrons. The van der Waals surface area contributed by atoms with Gasteiger partial charge in [-0.05, 0) is 18.2 Å². The lowest BCUT2D eigenvalue weighted by Gasteiger charge is -2.01. The van der Waals surface area contributed by atoms with Crippen LogP contribution >= 0.6 is 11.6 Å². The molecular formula is C11H7ClN2O2. The summed E-state index contributed by atoms with van der Waals surface area (Å²) in [4.78, 5) is 23.3. The van der Waals surface area contributed by atoms with Crippen molar-refractivity contribution in [2.45, 2.75) is 0 Å². The van der Waals surface area contributed by atoms with Gasteiger partial charge in [0, 0.05) is 11.8 Å². The fourth-order valence-electron chi connectivity index (χ4n) is 1.31. The molecule has 0 atom stereocenters. The number of carbonyl (C=O) groups is 1. The van der Waals surface area contributed by atoms with Gasteiger partial charge in [-0.3, -0.25) is 9.59 Å². The first kappa shape index (κ1) is 10.6. The Morgan fingerprint density at radius 2 is 1.94 bits per heavy atom. The molecule has 0 spiro atoms. The molecule has 0 bridgehead atoms. The van der Waals surface area contributed by atoms with Crippen LogP contribution in [0.3, 0.4) is 0 Å². The molecule has 0 fully saturated rings. The first-order valence-electron chi connectivity index (χ1n) is 4.53. The zero-order valence-corrected chi connectivity index (χ0v) is 8.86. The molecule has 5 heteroatoms. The molecule has 0 saturated carbocycles. The lowest BCUT2D eigenvalue weighted by atomic mass is 10.1. The van der Waals surface area contributed by atoms with Gasteiger partial charge in [-0.2, -0.15) is 5.10 Å². The van der Waals surface area contributed by atoms with Crippen LogP contribution in [0.15, 0.2) is 41.3 Å². The number of rotatable bonds is 2. The van der Waals surface area contributed by atoms with Gasteiger partial charge in [-0.15, -0.1) is 0 Å². The number of H-pyrrole nitrogens is 1. The molecule has 2 aromatic rings. The smallest absolute Gasteiger partial charge is 0.275 e. The Hall–Kier alpha value is -1.94. The Bertz CT molecular complexity index is 592. The summed E-state index contributed by atoms with van der Waals surface area (Å²) in [7, 11) is 0. The van der Waals surface area contributed by atoms with Crippen LogP contribution in [-0.2, 0) is 0 Å². The van der Waals surface area contributed by atoms with Gasteiger partial charge < -0.3 is 0 Å². The zero-order chi connectivity index (χ0) is 11.5. The van der Waals surface area contributed by atoms with Crippen LogP contribution in [-0.4, -0.2) is 16.0 Å². The van der Waals surface area contributed by atoms with Gasteiger partial charge in [-0.1, -0.05) is 23.7 Å². The van der Waals surface area contributed by atoms with Crippen LogP contribution in [0.25, 0.3) is 0 Å². The summed E-state index contributed by atoms with van der Waals surface area (Å²) in [6.07, 6.45) is 1.35. The van der Waals surface area contributed by atoms with Crippen molar-refractivity contribution in [1.29, 1.82) is 0 Å². The van der Waals surface area contributed by atoms with Crippen molar-refractivity contribution in [1.82, 2.24) is 10.2 Å². The highest BCUT2D eigenvalue weighted by Gasteiger charge is 2.15. The zero-order valence-electron chi connectivity index (χ0n) is 8.11. The SMILES string of the molecule is O=C(c1ccccc1Cl)c1ccn[nH]c1=O. The van der Waals surface area contributed by atoms with E-state index in [2.05, 4.69) is 10.2 Å². The van der Waals surface area contributed by atoms with Crippen molar-refractivity contribution in [2.24, 2.45) is 0 Å². The van der Waals surface area contributed by atoms with Crippen molar-refractivity contribution in [2.75, 3.05) is 0 Å². The minimum Gasteiger partial charge on any atom is -0.288 e. The van der Waals surface area contributed by atoms with E-state index < -0.39 is 11.3 Å². The Balaban J connectivity index is 2.53. The van der Waals surface area contributed by atoms with Crippen molar-refractivity contribution in [3.05, 3.63) is 63.0 Å². The second kappa shape index (κ2) is 4.28. The number of halogens is 1. The van der Waals surface area contributed by atoms with E-state index in [9.17, 15) is 9.59 Å². The highest BCUT2D eigenvalue weighted by atomic mass is 35.5. The Labute approximate surface area is 95.9 Å². The lowest BCUT2D eigenvalue weighted by Crippen LogP contribution is -2.19. The van der Waals surface area contributed by atoms with Gasteiger partial charge in [0.2, 0.25) is 0 Å². The summed E-state index contributed by atoms with van der Waals surface area (Å²) in [5.41, 5.74) is -0.184. The summed E-state index contributed by atoms with van der Waals surface area (Å²) in [6, 6.07) is 7.95. The van der Waals surface area contributed by atoms with Crippen LogP contribution in [0.5, 0.6) is 0 Å². The van der Waals surface area contributed by atoms with E-state index in [0.717, 1.165) is 0 Å². The molecule has 2 rings (SSSR count). The normalized spacial score (nSPS) is 10.1. The number of aromatic nitrogens is 2. The lowest BCUT2D eigenvalue weighted by molar-refractivity contribution is 0.103. The van der Waals surface area contributed by atoms with Crippen LogP contribution in [0, 0.1) is 0 Å². The number of hydrogen-bond acceptors (Lipinski definition) is 3. The number of nitrogens with zero attached hydrogens (tertiary/aromatic N) is 1. The topological polar surface area (TPSA) is 62.8 Å². The van der Waals surface area contributed by atoms with Crippen LogP contribution < -0.4 is 5.56 Å². The molecule has 1 N–H and O–H groups in total. The van der Waals surface area contributed by atoms with Crippen molar-refractivity contribution in [3.63, 3.8) is 0 Å². The van der Waals surface area contributed by atoms with E-state index in [1.807, 2.05) is 0 Å². The summed E-state index contributed by atoms with van der Waals surface area (Å²) < 4.78 is 0. The van der Waals surface area contributed by atoms with Gasteiger partial charge in [0.15, 0.2) is 5.78 Å². The van der Waals surface area contributed by atoms with Gasteiger partial charge in [0.1, 0.15) is 0 Å². The highest BCUT2D eigenvalue weighted by molar-refractivity contribution is 6.34. The maximum absolute atomic E-state index is 12.0. The standard InChI is InChI=1S/C11H7ClN2O2/c12-9-4-2-1-3-7(9)10(15)8-5-6-13-14-11(8)16/h1-6H,(H,14,16). The Kier molecular flexibility index (Phi) is 2.83. The number of benzene rings is 1. The molecule has 4 nitrogen and oxygen atoms in total. The third kappa shape index (κ3) is 1.87. The third-order valence-electron chi connectivity index (χ3n) is 2.09. The van der Waals surface area contributed by atoms with Crippen LogP contribution in [0.4, 0.5) is 0 Å². The maximum atomic E-state index is 12.0. The minimum absolute atomic E-state index is 0.0306. The van der Waals surface area contributed by atoms with E-state index in [1.54, 1.807) is 24.3 Å². The summed E-state index contributed by atoms with van der Waals surface area (Å²) in [5, 5.41) is 6.04. The second-order valence-electron chi connectivity index (χ2n) is 3.11. The van der Waals surface area contributed by atoms with Gasteiger partial charge >= 0.3 is 0 Å². The Morgan fingerprint density at radius 3 is 2.62 bits per heavy atom. The molecule has 0 saturated heterocycles. The molecule has 1 aromatic carbocycles. The number of carbonyl (C=O) groups excluding carboxylic acids is 1. The number of hydrogen-bond donors (Lipinski definition) is 1. The maximum Gasteiger partial charge on any atom is 0.275 e. The quantitative estimate of drug-likeness (QED) is 0.804. The summed E-state index contributed by atoms with van der Waals surface area (Å²) in [6.45, 7) is 0. The fourth-order valence-corrected chi connectivity index (χ4v) is 1.53. The van der Waals surface area contributed by atoms with E-state index in [0.29, 0.717) is 10.6 Å². The van der Waals surface area contributed by atoms with Crippen molar-refractivity contribution in [3.8, 4) is 0 Å². The van der Waals surface area contributed by atoms with E-state index in [4.69, 9.17) is 11.6 Å². The molecule has 1 heterocycles. The molecule has 0 unspecified atom stereocenters. The average Bonchev–Trinajstić information content (AvgIpc) is 2.29. The molecule has 0 aliphatic rings. The summed E-state index contributed by atoms with van der Waals surface area (Å²) in [5.74, 6) is -0.408. The van der Waals surface area contributed by atoms with Crippen molar-refractivity contribution < 1.29 is 4.79 Å². The Morgan fingerprint density at radius 1 is 1.19 bits per heavy atom. The average molecular weight is 235 g/mol. The second-order valence-corrected chi connectivity index (χ2v) is 3.52. The minimum atomic E-state index is -0.521. The highest BCUT2D eigenvalue weighted by Crippen LogP contribution is 2.17. The molecule has 16 heavy (non-hydrogen) atoms. The van der Waals surface area contributed by atoms with Gasteiger partial charge in [0.25, 0.3) is 5.56 Å². The summed E-state index contributed by atoms with van der Waals surface area (Å²) >= 11 is 5.87. The van der Waals surface area contributed by atoms with Gasteiger partial charge in [0.05, 0.1) is 10.6 Å². The predicted molar refractivity (Wildman–Crippen MR) is 59.7 cm³/mol. The first-order chi connectivity index (χ1) is 7.70. The monoisotopic (exact) mass is 234 g/mol. The molecule has 0 aliphatic carbocycles. The fraction of sp³-hybridized carbons (Fsp3) is 0. The number of ketones is 1. The van der Waals surface area contributed by atoms with E-state index >= 15 is 0 Å². The van der Waals surface area contributed by atoms with E-state index in [-0.39, 0.29) is 5.56 Å². The third-order valence-corrected chi connectivity index (χ3v) is 2.42. The van der Waals surface area contributed by atoms with E-state index in [1.165, 1.54) is 12.3 Å². The molecule has 80 valence electrons. The van der Waals surface area contributed by atoms with Gasteiger partial charge in [-0.25, -0.2) is 5.10 Å². The first-order valence-corrected chi connectivity index (χ1v) is 4.91. The molecule has 1 aromatic heterocycles. The molecule has 0 aliphatic heterocycles. The van der Waals surface area contributed by atoms with Crippen LogP contribution in [0.1, 0.15) is 15.9 Å².